The second-order valence-electron chi connectivity index (χ2n) is 23.9. The van der Waals surface area contributed by atoms with Crippen molar-refractivity contribution in [3.63, 3.8) is 0 Å². The Hall–Kier alpha value is -1.42. The van der Waals surface area contributed by atoms with E-state index in [-0.39, 0.29) is 36.7 Å². The fourth-order valence-electron chi connectivity index (χ4n) is 11.5. The van der Waals surface area contributed by atoms with E-state index in [0.29, 0.717) is 0 Å². The summed E-state index contributed by atoms with van der Waals surface area (Å²) < 4.78 is 17.9. The van der Waals surface area contributed by atoms with Crippen molar-refractivity contribution in [2.75, 3.05) is 13.1 Å². The summed E-state index contributed by atoms with van der Waals surface area (Å²) in [6, 6.07) is 0. The van der Waals surface area contributed by atoms with E-state index in [4.69, 9.17) is 14.2 Å². The molecule has 0 saturated carbocycles. The second kappa shape index (κ2) is 48.1. The average Bonchev–Trinajstić information content (AvgIpc) is 3.44. The van der Waals surface area contributed by atoms with E-state index in [0.717, 1.165) is 103 Å². The van der Waals surface area contributed by atoms with Crippen molar-refractivity contribution in [3.8, 4) is 0 Å². The van der Waals surface area contributed by atoms with E-state index in [1.807, 2.05) is 0 Å². The lowest BCUT2D eigenvalue weighted by molar-refractivity contribution is -0.372. The molecule has 8 N–H and O–H groups in total. The SMILES string of the molecule is CCCCCCCCCCCCC(CCCCCCCCCCCC)C(=O)NCC1O[C@H](O[C@H]2OC(CNC(=O)C(CCCCCCCCCCCC)CCCCCCCCCCCC)[C@@H](O)[C@H](O)C2O)C(O)[C@@H](O)[C@@H]1O. The maximum atomic E-state index is 13.9. The zero-order valence-corrected chi connectivity index (χ0v) is 50.2. The van der Waals surface area contributed by atoms with E-state index in [1.54, 1.807) is 0 Å². The Morgan fingerprint density at radius 3 is 0.753 bits per heavy atom. The fourth-order valence-corrected chi connectivity index (χ4v) is 11.5. The summed E-state index contributed by atoms with van der Waals surface area (Å²) in [6.07, 6.45) is 36.0. The number of unbranched alkanes of at least 4 members (excludes halogenated alkanes) is 36. The van der Waals surface area contributed by atoms with Crippen LogP contribution in [0.1, 0.15) is 310 Å². The van der Waals surface area contributed by atoms with E-state index in [9.17, 15) is 40.2 Å². The fraction of sp³-hybridized carbons (Fsp3) is 0.969. The molecule has 0 aromatic rings. The maximum Gasteiger partial charge on any atom is 0.223 e. The van der Waals surface area contributed by atoms with E-state index in [1.165, 1.54) is 180 Å². The van der Waals surface area contributed by atoms with Gasteiger partial charge in [-0.15, -0.1) is 0 Å². The highest BCUT2D eigenvalue weighted by Gasteiger charge is 2.50. The van der Waals surface area contributed by atoms with Gasteiger partial charge < -0.3 is 55.5 Å². The van der Waals surface area contributed by atoms with Crippen LogP contribution < -0.4 is 10.6 Å². The second-order valence-corrected chi connectivity index (χ2v) is 23.9. The normalized spacial score (nSPS) is 23.8. The lowest BCUT2D eigenvalue weighted by Gasteiger charge is -2.45. The number of carbonyl (C=O) groups is 2. The summed E-state index contributed by atoms with van der Waals surface area (Å²) in [5.41, 5.74) is 0. The van der Waals surface area contributed by atoms with Crippen molar-refractivity contribution < 1.29 is 54.4 Å². The zero-order valence-electron chi connectivity index (χ0n) is 50.2. The monoisotopic (exact) mass is 1100 g/mol. The Morgan fingerprint density at radius 1 is 0.325 bits per heavy atom. The standard InChI is InChI=1S/C64H124N2O11/c1-5-9-13-17-21-25-29-33-37-41-45-51(46-42-38-34-30-26-22-18-14-10-6-2)61(73)65-49-53-55(67)57(69)59(71)63(75-53)77-64-60(72)58(70)56(68)54(76-64)50-66-62(74)52(47-43-39-35-31-27-23-19-15-11-7-3)48-44-40-36-32-28-24-20-16-12-8-4/h51-60,63-64,67-72H,5-50H2,1-4H3,(H,65,73)(H,66,74)/t53?,54?,55-,56-,57+,58+,59?,60?,63-,64-/m1/s1. The third-order valence-electron chi connectivity index (χ3n) is 16.9. The van der Waals surface area contributed by atoms with Gasteiger partial charge in [0.25, 0.3) is 0 Å². The Morgan fingerprint density at radius 2 is 0.532 bits per heavy atom. The van der Waals surface area contributed by atoms with Gasteiger partial charge in [-0.05, 0) is 25.7 Å². The quantitative estimate of drug-likeness (QED) is 0.0269. The molecule has 2 aliphatic rings. The van der Waals surface area contributed by atoms with Gasteiger partial charge in [0.05, 0.1) is 0 Å². The van der Waals surface area contributed by atoms with Gasteiger partial charge in [0.15, 0.2) is 12.6 Å². The molecule has 10 atom stereocenters. The first kappa shape index (κ1) is 71.7. The number of rotatable bonds is 52. The molecule has 2 rings (SSSR count). The molecule has 0 aromatic carbocycles. The van der Waals surface area contributed by atoms with Crippen LogP contribution in [0.25, 0.3) is 0 Å². The van der Waals surface area contributed by atoms with Crippen LogP contribution in [0, 0.1) is 11.8 Å². The van der Waals surface area contributed by atoms with Crippen molar-refractivity contribution in [2.24, 2.45) is 11.8 Å². The Labute approximate surface area is 471 Å². The van der Waals surface area contributed by atoms with Crippen LogP contribution >= 0.6 is 0 Å². The summed E-state index contributed by atoms with van der Waals surface area (Å²) in [7, 11) is 0. The average molecular weight is 1100 g/mol. The number of aliphatic hydroxyl groups is 6. The Balaban J connectivity index is 2.00. The molecule has 0 aromatic heterocycles. The zero-order chi connectivity index (χ0) is 56.1. The largest absolute Gasteiger partial charge is 0.388 e. The molecule has 2 fully saturated rings. The summed E-state index contributed by atoms with van der Waals surface area (Å²) in [5, 5.41) is 72.2. The van der Waals surface area contributed by atoms with Crippen LogP contribution in [0.2, 0.25) is 0 Å². The summed E-state index contributed by atoms with van der Waals surface area (Å²) >= 11 is 0. The van der Waals surface area contributed by atoms with Gasteiger partial charge in [-0.2, -0.15) is 0 Å². The lowest BCUT2D eigenvalue weighted by Crippen LogP contribution is -2.65. The number of carbonyl (C=O) groups excluding carboxylic acids is 2. The molecular formula is C64H124N2O11. The van der Waals surface area contributed by atoms with E-state index < -0.39 is 61.4 Å². The number of nitrogens with one attached hydrogen (secondary N) is 2. The maximum absolute atomic E-state index is 13.9. The number of amides is 2. The number of hydrogen-bond donors (Lipinski definition) is 8. The van der Waals surface area contributed by atoms with Crippen LogP contribution in [0.15, 0.2) is 0 Å². The number of aliphatic hydroxyl groups excluding tert-OH is 6. The van der Waals surface area contributed by atoms with Gasteiger partial charge in [0.2, 0.25) is 11.8 Å². The molecule has 13 heteroatoms. The van der Waals surface area contributed by atoms with Crippen molar-refractivity contribution in [2.45, 2.75) is 372 Å². The lowest BCUT2D eigenvalue weighted by atomic mass is 9.92. The van der Waals surface area contributed by atoms with Gasteiger partial charge in [0, 0.05) is 24.9 Å². The van der Waals surface area contributed by atoms with Gasteiger partial charge >= 0.3 is 0 Å². The minimum absolute atomic E-state index is 0.131. The molecule has 2 heterocycles. The number of ether oxygens (including phenoxy) is 3. The van der Waals surface area contributed by atoms with Crippen LogP contribution in [-0.4, -0.2) is 117 Å². The summed E-state index contributed by atoms with van der Waals surface area (Å²) in [5.74, 6) is -0.666. The molecule has 0 aliphatic carbocycles. The van der Waals surface area contributed by atoms with Gasteiger partial charge in [-0.3, -0.25) is 9.59 Å². The molecule has 77 heavy (non-hydrogen) atoms. The van der Waals surface area contributed by atoms with Gasteiger partial charge in [-0.1, -0.05) is 285 Å². The number of hydrogen-bond acceptors (Lipinski definition) is 11. The molecule has 13 nitrogen and oxygen atoms in total. The predicted molar refractivity (Wildman–Crippen MR) is 313 cm³/mol. The molecule has 2 saturated heterocycles. The minimum Gasteiger partial charge on any atom is -0.388 e. The molecular weight excluding hydrogens is 973 g/mol. The van der Waals surface area contributed by atoms with Crippen LogP contribution in [-0.2, 0) is 23.8 Å². The van der Waals surface area contributed by atoms with Gasteiger partial charge in [-0.25, -0.2) is 0 Å². The van der Waals surface area contributed by atoms with E-state index >= 15 is 0 Å². The first-order valence-electron chi connectivity index (χ1n) is 33.1. The molecule has 456 valence electrons. The third-order valence-corrected chi connectivity index (χ3v) is 16.9. The highest BCUT2D eigenvalue weighted by atomic mass is 16.8. The minimum atomic E-state index is -1.77. The van der Waals surface area contributed by atoms with Crippen molar-refractivity contribution in [1.82, 2.24) is 10.6 Å². The first-order chi connectivity index (χ1) is 37.5. The smallest absolute Gasteiger partial charge is 0.223 e. The van der Waals surface area contributed by atoms with Crippen molar-refractivity contribution >= 4 is 11.8 Å². The highest BCUT2D eigenvalue weighted by Crippen LogP contribution is 2.30. The van der Waals surface area contributed by atoms with Gasteiger partial charge in [0.1, 0.15) is 48.8 Å². The first-order valence-corrected chi connectivity index (χ1v) is 33.1. The molecule has 0 radical (unpaired) electrons. The molecule has 2 amide bonds. The van der Waals surface area contributed by atoms with E-state index in [2.05, 4.69) is 38.3 Å². The molecule has 4 unspecified atom stereocenters. The van der Waals surface area contributed by atoms with Crippen molar-refractivity contribution in [1.29, 1.82) is 0 Å². The van der Waals surface area contributed by atoms with Crippen LogP contribution in [0.4, 0.5) is 0 Å². The Bertz CT molecular complexity index is 1220. The molecule has 0 bridgehead atoms. The summed E-state index contributed by atoms with van der Waals surface area (Å²) in [6.45, 7) is 8.66. The third kappa shape index (κ3) is 33.3. The topological polar surface area (TPSA) is 207 Å². The predicted octanol–water partition coefficient (Wildman–Crippen LogP) is 13.3. The highest BCUT2D eigenvalue weighted by molar-refractivity contribution is 5.79. The molecule has 2 aliphatic heterocycles. The van der Waals surface area contributed by atoms with Crippen LogP contribution in [0.3, 0.4) is 0 Å². The molecule has 0 spiro atoms. The Kier molecular flexibility index (Phi) is 44.8. The van der Waals surface area contributed by atoms with Crippen LogP contribution in [0.5, 0.6) is 0 Å². The van der Waals surface area contributed by atoms with Crippen molar-refractivity contribution in [3.05, 3.63) is 0 Å². The summed E-state index contributed by atoms with van der Waals surface area (Å²) in [4.78, 5) is 27.7.